The van der Waals surface area contributed by atoms with Gasteiger partial charge in [-0.2, -0.15) is 0 Å². The van der Waals surface area contributed by atoms with E-state index in [0.29, 0.717) is 6.42 Å². The molecule has 3 heteroatoms. The Kier molecular flexibility index (Phi) is 2.47. The first-order chi connectivity index (χ1) is 5.05. The van der Waals surface area contributed by atoms with E-state index in [2.05, 4.69) is 0 Å². The van der Waals surface area contributed by atoms with Crippen molar-refractivity contribution < 1.29 is 8.78 Å². The number of alkyl halides is 2. The maximum Gasteiger partial charge on any atom is 0.248 e. The molecule has 1 rings (SSSR count). The van der Waals surface area contributed by atoms with E-state index in [4.69, 9.17) is 5.73 Å². The van der Waals surface area contributed by atoms with Crippen molar-refractivity contribution in [3.05, 3.63) is 0 Å². The summed E-state index contributed by atoms with van der Waals surface area (Å²) >= 11 is 0. The van der Waals surface area contributed by atoms with E-state index in [1.807, 2.05) is 6.92 Å². The van der Waals surface area contributed by atoms with Gasteiger partial charge in [0.2, 0.25) is 5.92 Å². The third kappa shape index (κ3) is 2.12. The Bertz CT molecular complexity index is 136. The van der Waals surface area contributed by atoms with E-state index in [0.717, 1.165) is 6.42 Å². The van der Waals surface area contributed by atoms with E-state index in [9.17, 15) is 8.78 Å². The molecule has 0 heterocycles. The molecule has 1 fully saturated rings. The van der Waals surface area contributed by atoms with Crippen molar-refractivity contribution in [2.24, 2.45) is 11.7 Å². The average molecular weight is 163 g/mol. The van der Waals surface area contributed by atoms with Crippen LogP contribution in [0.15, 0.2) is 0 Å². The first-order valence-corrected chi connectivity index (χ1v) is 4.18. The number of hydrogen-bond donors (Lipinski definition) is 1. The van der Waals surface area contributed by atoms with Crippen LogP contribution >= 0.6 is 0 Å². The summed E-state index contributed by atoms with van der Waals surface area (Å²) in [6.45, 7) is 1.95. The van der Waals surface area contributed by atoms with Crippen LogP contribution in [0.4, 0.5) is 8.78 Å². The molecule has 0 spiro atoms. The molecule has 1 unspecified atom stereocenters. The normalized spacial score (nSPS) is 32.2. The van der Waals surface area contributed by atoms with Crippen LogP contribution in [0.2, 0.25) is 0 Å². The van der Waals surface area contributed by atoms with Gasteiger partial charge in [0.25, 0.3) is 0 Å². The highest BCUT2D eigenvalue weighted by Crippen LogP contribution is 2.40. The van der Waals surface area contributed by atoms with E-state index in [-0.39, 0.29) is 24.8 Å². The second kappa shape index (κ2) is 3.05. The molecule has 1 aliphatic carbocycles. The first kappa shape index (κ1) is 8.91. The van der Waals surface area contributed by atoms with Gasteiger partial charge in [0.15, 0.2) is 0 Å². The quantitative estimate of drug-likeness (QED) is 0.663. The third-order valence-corrected chi connectivity index (χ3v) is 2.52. The summed E-state index contributed by atoms with van der Waals surface area (Å²) in [5, 5.41) is 0. The van der Waals surface area contributed by atoms with Crippen LogP contribution in [-0.2, 0) is 0 Å². The molecule has 0 saturated heterocycles. The number of halogens is 2. The van der Waals surface area contributed by atoms with Crippen LogP contribution in [0, 0.1) is 5.92 Å². The van der Waals surface area contributed by atoms with Crippen molar-refractivity contribution in [3.63, 3.8) is 0 Å². The molecule has 1 aliphatic rings. The molecule has 0 aliphatic heterocycles. The Hall–Kier alpha value is -0.180. The zero-order chi connectivity index (χ0) is 8.48. The van der Waals surface area contributed by atoms with Gasteiger partial charge < -0.3 is 5.73 Å². The number of hydrogen-bond acceptors (Lipinski definition) is 1. The van der Waals surface area contributed by atoms with Crippen LogP contribution in [0.1, 0.15) is 32.6 Å². The predicted octanol–water partition coefficient (Wildman–Crippen LogP) is 2.16. The lowest BCUT2D eigenvalue weighted by molar-refractivity contribution is 0.00389. The summed E-state index contributed by atoms with van der Waals surface area (Å²) in [4.78, 5) is 0. The Morgan fingerprint density at radius 1 is 1.64 bits per heavy atom. The van der Waals surface area contributed by atoms with Gasteiger partial charge in [0.05, 0.1) is 0 Å². The second-order valence-corrected chi connectivity index (χ2v) is 3.43. The van der Waals surface area contributed by atoms with Gasteiger partial charge in [-0.05, 0) is 18.8 Å². The second-order valence-electron chi connectivity index (χ2n) is 3.43. The molecular weight excluding hydrogens is 148 g/mol. The molecule has 1 saturated carbocycles. The monoisotopic (exact) mass is 163 g/mol. The first-order valence-electron chi connectivity index (χ1n) is 4.18. The fourth-order valence-electron chi connectivity index (χ4n) is 1.68. The van der Waals surface area contributed by atoms with Crippen LogP contribution in [-0.4, -0.2) is 12.0 Å². The van der Waals surface area contributed by atoms with Crippen molar-refractivity contribution in [2.75, 3.05) is 0 Å². The number of rotatable bonds is 2. The van der Waals surface area contributed by atoms with Gasteiger partial charge in [-0.3, -0.25) is 0 Å². The number of nitrogens with two attached hydrogens (primary N) is 1. The Morgan fingerprint density at radius 3 is 2.64 bits per heavy atom. The third-order valence-electron chi connectivity index (χ3n) is 2.52. The highest BCUT2D eigenvalue weighted by molar-refractivity contribution is 4.86. The summed E-state index contributed by atoms with van der Waals surface area (Å²) < 4.78 is 25.3. The molecule has 2 N–H and O–H groups in total. The van der Waals surface area contributed by atoms with Gasteiger partial charge >= 0.3 is 0 Å². The summed E-state index contributed by atoms with van der Waals surface area (Å²) in [6, 6.07) is -0.0247. The highest BCUT2D eigenvalue weighted by Gasteiger charge is 2.40. The lowest BCUT2D eigenvalue weighted by atomic mass is 9.97. The van der Waals surface area contributed by atoms with Crippen molar-refractivity contribution in [1.29, 1.82) is 0 Å². The predicted molar refractivity (Wildman–Crippen MR) is 40.6 cm³/mol. The minimum absolute atomic E-state index is 0.00199. The van der Waals surface area contributed by atoms with E-state index in [1.54, 1.807) is 0 Å². The van der Waals surface area contributed by atoms with Crippen LogP contribution in [0.25, 0.3) is 0 Å². The molecular formula is C8H15F2N. The fourth-order valence-corrected chi connectivity index (χ4v) is 1.68. The largest absolute Gasteiger partial charge is 0.327 e. The average Bonchev–Trinajstić information content (AvgIpc) is 2.29. The van der Waals surface area contributed by atoms with Crippen LogP contribution in [0.3, 0.4) is 0 Å². The maximum absolute atomic E-state index is 12.6. The van der Waals surface area contributed by atoms with Crippen molar-refractivity contribution >= 4 is 0 Å². The zero-order valence-electron chi connectivity index (χ0n) is 6.82. The fraction of sp³-hybridized carbons (Fsp3) is 1.00. The molecule has 1 nitrogen and oxygen atoms in total. The van der Waals surface area contributed by atoms with Gasteiger partial charge in [0.1, 0.15) is 0 Å². The van der Waals surface area contributed by atoms with Gasteiger partial charge in [-0.25, -0.2) is 8.78 Å². The lowest BCUT2D eigenvalue weighted by Gasteiger charge is -2.16. The Morgan fingerprint density at radius 2 is 2.27 bits per heavy atom. The standard InChI is InChI=1S/C8H15F2N/c1-2-7(11)6-3-4-8(9,10)5-6/h6-7H,2-5,11H2,1H3/t6?,7-/m1/s1. The zero-order valence-corrected chi connectivity index (χ0v) is 6.82. The topological polar surface area (TPSA) is 26.0 Å². The Balaban J connectivity index is 2.41. The molecule has 0 amide bonds. The molecule has 0 bridgehead atoms. The van der Waals surface area contributed by atoms with Crippen molar-refractivity contribution in [1.82, 2.24) is 0 Å². The SMILES string of the molecule is CC[C@@H](N)C1CCC(F)(F)C1. The molecule has 0 aromatic heterocycles. The molecule has 0 aromatic rings. The van der Waals surface area contributed by atoms with Gasteiger partial charge in [0, 0.05) is 18.9 Å². The molecule has 0 radical (unpaired) electrons. The minimum atomic E-state index is -2.43. The van der Waals surface area contributed by atoms with E-state index < -0.39 is 5.92 Å². The highest BCUT2D eigenvalue weighted by atomic mass is 19.3. The molecule has 0 aromatic carbocycles. The summed E-state index contributed by atoms with van der Waals surface area (Å²) in [5.41, 5.74) is 5.67. The van der Waals surface area contributed by atoms with E-state index in [1.165, 1.54) is 0 Å². The van der Waals surface area contributed by atoms with Crippen molar-refractivity contribution in [3.8, 4) is 0 Å². The minimum Gasteiger partial charge on any atom is -0.327 e. The van der Waals surface area contributed by atoms with Crippen LogP contribution in [0.5, 0.6) is 0 Å². The van der Waals surface area contributed by atoms with Gasteiger partial charge in [-0.1, -0.05) is 6.92 Å². The summed E-state index contributed by atoms with van der Waals surface area (Å²) in [7, 11) is 0. The summed E-state index contributed by atoms with van der Waals surface area (Å²) in [6.07, 6.45) is 1.44. The lowest BCUT2D eigenvalue weighted by Crippen LogP contribution is -2.28. The maximum atomic E-state index is 12.6. The van der Waals surface area contributed by atoms with Gasteiger partial charge in [-0.15, -0.1) is 0 Å². The van der Waals surface area contributed by atoms with Crippen molar-refractivity contribution in [2.45, 2.75) is 44.6 Å². The van der Waals surface area contributed by atoms with E-state index >= 15 is 0 Å². The Labute approximate surface area is 66.0 Å². The molecule has 66 valence electrons. The smallest absolute Gasteiger partial charge is 0.248 e. The van der Waals surface area contributed by atoms with Crippen LogP contribution < -0.4 is 5.73 Å². The summed E-state index contributed by atoms with van der Waals surface area (Å²) in [5.74, 6) is -2.38. The molecule has 11 heavy (non-hydrogen) atoms. The molecule has 2 atom stereocenters.